The lowest BCUT2D eigenvalue weighted by Gasteiger charge is -2.25. The van der Waals surface area contributed by atoms with Crippen LogP contribution in [-0.4, -0.2) is 22.9 Å². The Morgan fingerprint density at radius 3 is 2.36 bits per heavy atom. The zero-order valence-electron chi connectivity index (χ0n) is 14.6. The van der Waals surface area contributed by atoms with Gasteiger partial charge in [-0.15, -0.1) is 0 Å². The summed E-state index contributed by atoms with van der Waals surface area (Å²) >= 11 is 1.26. The molecule has 2 rings (SSSR count). The van der Waals surface area contributed by atoms with Crippen molar-refractivity contribution in [1.82, 2.24) is 4.98 Å². The van der Waals surface area contributed by atoms with Crippen molar-refractivity contribution in [3.05, 3.63) is 36.5 Å². The van der Waals surface area contributed by atoms with E-state index < -0.39 is 11.7 Å². The first-order valence-corrected chi connectivity index (χ1v) is 8.74. The highest BCUT2D eigenvalue weighted by molar-refractivity contribution is 8.00. The monoisotopic (exact) mass is 362 g/mol. The van der Waals surface area contributed by atoms with Crippen molar-refractivity contribution in [3.8, 4) is 11.5 Å². The number of amides is 1. The molecule has 0 saturated carbocycles. The topological polar surface area (TPSA) is 104 Å². The molecule has 2 aromatic rings. The third kappa shape index (κ3) is 4.93. The zero-order chi connectivity index (χ0) is 18.6. The quantitative estimate of drug-likeness (QED) is 0.790. The van der Waals surface area contributed by atoms with Crippen LogP contribution < -0.4 is 20.5 Å². The molecular formula is C17H22N4O3S. The molecule has 0 radical (unpaired) electrons. The third-order valence-electron chi connectivity index (χ3n) is 3.02. The van der Waals surface area contributed by atoms with Gasteiger partial charge in [-0.05, 0) is 57.0 Å². The number of carbonyl (C=O) groups excluding carboxylic acids is 1. The van der Waals surface area contributed by atoms with Crippen molar-refractivity contribution in [2.45, 2.75) is 26.4 Å². The van der Waals surface area contributed by atoms with Gasteiger partial charge in [0.05, 0.1) is 5.69 Å². The summed E-state index contributed by atoms with van der Waals surface area (Å²) in [6.07, 6.45) is 2.89. The van der Waals surface area contributed by atoms with Gasteiger partial charge in [-0.1, -0.05) is 0 Å². The Bertz CT molecular complexity index is 745. The maximum Gasteiger partial charge on any atom is 0.425 e. The summed E-state index contributed by atoms with van der Waals surface area (Å²) in [5.74, 6) is 1.20. The molecule has 4 N–H and O–H groups in total. The standard InChI is InChI=1S/C17H22N4O3S/c1-17(2,3)24-16(22)21(25-4)11-5-7-12(8-6-11)23-13-9-10-20-15(19)14(13)18/h5-10H,18H2,1-4H3,(H2,19,20). The van der Waals surface area contributed by atoms with Gasteiger partial charge in [-0.2, -0.15) is 0 Å². The first-order chi connectivity index (χ1) is 11.7. The lowest BCUT2D eigenvalue weighted by atomic mass is 10.2. The Balaban J connectivity index is 2.15. The molecule has 0 fully saturated rings. The minimum atomic E-state index is -0.563. The zero-order valence-corrected chi connectivity index (χ0v) is 15.5. The molecule has 0 bridgehead atoms. The van der Waals surface area contributed by atoms with Gasteiger partial charge in [-0.25, -0.2) is 14.1 Å². The van der Waals surface area contributed by atoms with Crippen LogP contribution in [0.1, 0.15) is 20.8 Å². The average Bonchev–Trinajstić information content (AvgIpc) is 2.52. The van der Waals surface area contributed by atoms with Crippen LogP contribution in [0, 0.1) is 0 Å². The Kier molecular flexibility index (Phi) is 5.63. The molecule has 0 aliphatic carbocycles. The highest BCUT2D eigenvalue weighted by Crippen LogP contribution is 2.32. The van der Waals surface area contributed by atoms with Crippen LogP contribution in [0.25, 0.3) is 0 Å². The summed E-state index contributed by atoms with van der Waals surface area (Å²) in [4.78, 5) is 16.2. The predicted octanol–water partition coefficient (Wildman–Crippen LogP) is 4.06. The fourth-order valence-corrected chi connectivity index (χ4v) is 2.44. The van der Waals surface area contributed by atoms with Gasteiger partial charge in [0.15, 0.2) is 5.75 Å². The molecule has 1 heterocycles. The number of rotatable bonds is 4. The molecule has 7 nitrogen and oxygen atoms in total. The maximum absolute atomic E-state index is 12.3. The third-order valence-corrected chi connectivity index (χ3v) is 3.75. The van der Waals surface area contributed by atoms with E-state index in [0.717, 1.165) is 0 Å². The van der Waals surface area contributed by atoms with Gasteiger partial charge < -0.3 is 20.9 Å². The second kappa shape index (κ2) is 7.52. The van der Waals surface area contributed by atoms with Crippen molar-refractivity contribution < 1.29 is 14.3 Å². The van der Waals surface area contributed by atoms with Gasteiger partial charge in [0.25, 0.3) is 0 Å². The molecule has 0 saturated heterocycles. The second-order valence-electron chi connectivity index (χ2n) is 6.16. The molecule has 134 valence electrons. The maximum atomic E-state index is 12.3. The highest BCUT2D eigenvalue weighted by Gasteiger charge is 2.23. The lowest BCUT2D eigenvalue weighted by molar-refractivity contribution is 0.0612. The van der Waals surface area contributed by atoms with Gasteiger partial charge in [0.1, 0.15) is 22.9 Å². The number of ether oxygens (including phenoxy) is 2. The predicted molar refractivity (Wildman–Crippen MR) is 102 cm³/mol. The van der Waals surface area contributed by atoms with E-state index in [4.69, 9.17) is 20.9 Å². The Morgan fingerprint density at radius 1 is 1.16 bits per heavy atom. The summed E-state index contributed by atoms with van der Waals surface area (Å²) in [6, 6.07) is 8.62. The van der Waals surface area contributed by atoms with Crippen molar-refractivity contribution in [3.63, 3.8) is 0 Å². The molecule has 0 aliphatic heterocycles. The molecule has 1 aromatic carbocycles. The van der Waals surface area contributed by atoms with Crippen molar-refractivity contribution in [1.29, 1.82) is 0 Å². The van der Waals surface area contributed by atoms with Crippen LogP contribution in [-0.2, 0) is 4.74 Å². The Labute approximate surface area is 151 Å². The molecule has 8 heteroatoms. The van der Waals surface area contributed by atoms with Crippen LogP contribution >= 0.6 is 11.9 Å². The SMILES string of the molecule is CSN(C(=O)OC(C)(C)C)c1ccc(Oc2ccnc(N)c2N)cc1. The van der Waals surface area contributed by atoms with E-state index in [1.807, 2.05) is 20.8 Å². The summed E-state index contributed by atoms with van der Waals surface area (Å²) in [5.41, 5.74) is 11.9. The number of anilines is 3. The van der Waals surface area contributed by atoms with Crippen LogP contribution in [0.15, 0.2) is 36.5 Å². The Hall–Kier alpha value is -2.61. The fourth-order valence-electron chi connectivity index (χ4n) is 1.93. The van der Waals surface area contributed by atoms with Gasteiger partial charge in [0, 0.05) is 18.5 Å². The van der Waals surface area contributed by atoms with Gasteiger partial charge in [0.2, 0.25) is 0 Å². The van der Waals surface area contributed by atoms with E-state index >= 15 is 0 Å². The lowest BCUT2D eigenvalue weighted by Crippen LogP contribution is -2.32. The summed E-state index contributed by atoms with van der Waals surface area (Å²) in [7, 11) is 0. The number of hydrogen-bond acceptors (Lipinski definition) is 7. The molecule has 25 heavy (non-hydrogen) atoms. The number of aromatic nitrogens is 1. The minimum Gasteiger partial charge on any atom is -0.455 e. The molecule has 1 amide bonds. The van der Waals surface area contributed by atoms with Crippen LogP contribution in [0.4, 0.5) is 22.0 Å². The summed E-state index contributed by atoms with van der Waals surface area (Å²) < 4.78 is 12.6. The number of nitrogen functional groups attached to an aromatic ring is 2. The number of hydrogen-bond donors (Lipinski definition) is 2. The second-order valence-corrected chi connectivity index (χ2v) is 6.89. The van der Waals surface area contributed by atoms with Gasteiger partial charge in [-0.3, -0.25) is 0 Å². The number of carbonyl (C=O) groups is 1. The molecule has 0 spiro atoms. The molecule has 1 aromatic heterocycles. The first-order valence-electron chi connectivity index (χ1n) is 7.56. The van der Waals surface area contributed by atoms with Crippen molar-refractivity contribution >= 4 is 35.2 Å². The number of nitrogens with zero attached hydrogens (tertiary/aromatic N) is 2. The van der Waals surface area contributed by atoms with E-state index in [0.29, 0.717) is 17.2 Å². The van der Waals surface area contributed by atoms with E-state index in [1.54, 1.807) is 36.6 Å². The summed E-state index contributed by atoms with van der Waals surface area (Å²) in [6.45, 7) is 5.47. The normalized spacial score (nSPS) is 11.0. The van der Waals surface area contributed by atoms with Gasteiger partial charge >= 0.3 is 6.09 Å². The van der Waals surface area contributed by atoms with Crippen LogP contribution in [0.5, 0.6) is 11.5 Å². The average molecular weight is 362 g/mol. The largest absolute Gasteiger partial charge is 0.455 e. The van der Waals surface area contributed by atoms with E-state index in [1.165, 1.54) is 22.4 Å². The van der Waals surface area contributed by atoms with Crippen LogP contribution in [0.3, 0.4) is 0 Å². The highest BCUT2D eigenvalue weighted by atomic mass is 32.2. The van der Waals surface area contributed by atoms with E-state index in [-0.39, 0.29) is 11.5 Å². The van der Waals surface area contributed by atoms with E-state index in [2.05, 4.69) is 4.98 Å². The van der Waals surface area contributed by atoms with E-state index in [9.17, 15) is 4.79 Å². The summed E-state index contributed by atoms with van der Waals surface area (Å²) in [5, 5.41) is 0. The smallest absolute Gasteiger partial charge is 0.425 e. The number of nitrogens with two attached hydrogens (primary N) is 2. The molecule has 0 unspecified atom stereocenters. The number of benzene rings is 1. The fraction of sp³-hybridized carbons (Fsp3) is 0.294. The first kappa shape index (κ1) is 18.7. The van der Waals surface area contributed by atoms with Crippen molar-refractivity contribution in [2.75, 3.05) is 22.0 Å². The molecular weight excluding hydrogens is 340 g/mol. The van der Waals surface area contributed by atoms with Crippen LogP contribution in [0.2, 0.25) is 0 Å². The molecule has 0 atom stereocenters. The molecule has 0 aliphatic rings. The minimum absolute atomic E-state index is 0.215. The number of pyridine rings is 1. The van der Waals surface area contributed by atoms with Crippen molar-refractivity contribution in [2.24, 2.45) is 0 Å². The Morgan fingerprint density at radius 2 is 1.80 bits per heavy atom.